The van der Waals surface area contributed by atoms with Crippen molar-refractivity contribution < 1.29 is 9.47 Å². The van der Waals surface area contributed by atoms with E-state index in [1.807, 2.05) is 18.2 Å². The van der Waals surface area contributed by atoms with Crippen molar-refractivity contribution in [1.82, 2.24) is 30.1 Å². The van der Waals surface area contributed by atoms with Crippen LogP contribution in [0.1, 0.15) is 75.2 Å². The van der Waals surface area contributed by atoms with Gasteiger partial charge in [0.1, 0.15) is 13.2 Å². The van der Waals surface area contributed by atoms with E-state index in [2.05, 4.69) is 30.1 Å². The van der Waals surface area contributed by atoms with Gasteiger partial charge in [0.2, 0.25) is 0 Å². The summed E-state index contributed by atoms with van der Waals surface area (Å²) in [5, 5.41) is 13.8. The second kappa shape index (κ2) is 9.37. The lowest BCUT2D eigenvalue weighted by Crippen LogP contribution is -2.35. The highest BCUT2D eigenvalue weighted by Crippen LogP contribution is 2.34. The Morgan fingerprint density at radius 2 is 1.68 bits per heavy atom. The Labute approximate surface area is 198 Å². The van der Waals surface area contributed by atoms with Crippen LogP contribution in [-0.2, 0) is 13.1 Å². The molecule has 2 aliphatic carbocycles. The summed E-state index contributed by atoms with van der Waals surface area (Å²) in [6.07, 6.45) is 10.8. The van der Waals surface area contributed by atoms with Crippen LogP contribution in [-0.4, -0.2) is 49.3 Å². The number of tetrazole rings is 1. The molecule has 0 atom stereocenters. The Hall–Kier alpha value is -2.94. The van der Waals surface area contributed by atoms with E-state index < -0.39 is 0 Å². The molecular weight excluding hydrogens is 432 g/mol. The molecule has 180 valence electrons. The van der Waals surface area contributed by atoms with Crippen molar-refractivity contribution in [3.8, 4) is 11.5 Å². The molecule has 0 unspecified atom stereocenters. The third kappa shape index (κ3) is 4.29. The average Bonchev–Trinajstić information content (AvgIpc) is 3.56. The number of hydrogen-bond donors (Lipinski definition) is 1. The van der Waals surface area contributed by atoms with Crippen molar-refractivity contribution in [2.45, 2.75) is 83.0 Å². The number of nitrogens with one attached hydrogen (secondary N) is 1. The quantitative estimate of drug-likeness (QED) is 0.593. The summed E-state index contributed by atoms with van der Waals surface area (Å²) in [6, 6.07) is 6.65. The first-order valence-corrected chi connectivity index (χ1v) is 12.7. The third-order valence-corrected chi connectivity index (χ3v) is 7.62. The molecule has 0 amide bonds. The van der Waals surface area contributed by atoms with Gasteiger partial charge in [-0.2, -0.15) is 0 Å². The first-order valence-electron chi connectivity index (χ1n) is 12.7. The first kappa shape index (κ1) is 21.6. The van der Waals surface area contributed by atoms with Gasteiger partial charge < -0.3 is 14.5 Å². The lowest BCUT2D eigenvalue weighted by molar-refractivity contribution is 0.168. The number of nitrogens with zero attached hydrogens (tertiary/aromatic N) is 5. The molecule has 1 N–H and O–H groups in total. The van der Waals surface area contributed by atoms with Gasteiger partial charge >= 0.3 is 0 Å². The maximum Gasteiger partial charge on any atom is 0.252 e. The number of pyridine rings is 1. The molecule has 0 radical (unpaired) electrons. The fraction of sp³-hybridized carbons (Fsp3) is 0.600. The van der Waals surface area contributed by atoms with Crippen LogP contribution in [0.15, 0.2) is 23.0 Å². The van der Waals surface area contributed by atoms with Crippen LogP contribution in [0, 0.1) is 0 Å². The van der Waals surface area contributed by atoms with Crippen LogP contribution < -0.4 is 15.0 Å². The Balaban J connectivity index is 1.29. The van der Waals surface area contributed by atoms with Gasteiger partial charge in [0.15, 0.2) is 17.3 Å². The van der Waals surface area contributed by atoms with Crippen molar-refractivity contribution in [3.05, 3.63) is 39.9 Å². The monoisotopic (exact) mass is 464 g/mol. The number of aromatic amines is 1. The molecule has 2 saturated carbocycles. The van der Waals surface area contributed by atoms with E-state index in [1.165, 1.54) is 32.1 Å². The van der Waals surface area contributed by atoms with Crippen LogP contribution in [0.25, 0.3) is 10.9 Å². The number of fused-ring (bicyclic) bond motifs is 2. The van der Waals surface area contributed by atoms with Gasteiger partial charge in [-0.15, -0.1) is 5.10 Å². The molecule has 2 aromatic heterocycles. The van der Waals surface area contributed by atoms with Crippen molar-refractivity contribution >= 4 is 10.9 Å². The van der Waals surface area contributed by atoms with Gasteiger partial charge in [-0.05, 0) is 48.2 Å². The van der Waals surface area contributed by atoms with Crippen LogP contribution in [0.3, 0.4) is 0 Å². The van der Waals surface area contributed by atoms with E-state index in [4.69, 9.17) is 9.47 Å². The molecule has 1 aliphatic heterocycles. The number of H-pyrrole nitrogens is 1. The number of rotatable bonds is 6. The number of ether oxygens (including phenoxy) is 2. The Bertz CT molecular complexity index is 1210. The van der Waals surface area contributed by atoms with E-state index in [0.717, 1.165) is 53.7 Å². The van der Waals surface area contributed by atoms with Crippen LogP contribution >= 0.6 is 0 Å². The van der Waals surface area contributed by atoms with Gasteiger partial charge in [-0.25, -0.2) is 4.68 Å². The summed E-state index contributed by atoms with van der Waals surface area (Å²) in [5.74, 6) is 2.33. The standard InChI is InChI=1S/C25H32N6O3/c32-25-18(12-17-13-22-23(14-21(17)26-25)34-11-10-33-22)15-30(19-6-4-5-7-19)16-24-27-28-29-31(24)20-8-2-1-3-9-20/h12-14,19-20H,1-11,15-16H2,(H,26,32). The predicted octanol–water partition coefficient (Wildman–Crippen LogP) is 3.74. The zero-order valence-electron chi connectivity index (χ0n) is 19.5. The second-order valence-corrected chi connectivity index (χ2v) is 9.88. The predicted molar refractivity (Wildman–Crippen MR) is 127 cm³/mol. The smallest absolute Gasteiger partial charge is 0.252 e. The molecule has 0 saturated heterocycles. The molecule has 34 heavy (non-hydrogen) atoms. The molecule has 0 spiro atoms. The molecule has 9 nitrogen and oxygen atoms in total. The van der Waals surface area contributed by atoms with Gasteiger partial charge in [-0.3, -0.25) is 9.69 Å². The lowest BCUT2D eigenvalue weighted by Gasteiger charge is -2.29. The number of benzene rings is 1. The van der Waals surface area contributed by atoms with Crippen molar-refractivity contribution in [1.29, 1.82) is 0 Å². The van der Waals surface area contributed by atoms with Gasteiger partial charge in [0.25, 0.3) is 5.56 Å². The number of aromatic nitrogens is 5. The minimum atomic E-state index is -0.0564. The molecule has 3 heterocycles. The minimum absolute atomic E-state index is 0.0564. The molecule has 6 rings (SSSR count). The van der Waals surface area contributed by atoms with Crippen LogP contribution in [0.5, 0.6) is 11.5 Å². The summed E-state index contributed by atoms with van der Waals surface area (Å²) in [6.45, 7) is 2.30. The summed E-state index contributed by atoms with van der Waals surface area (Å²) < 4.78 is 13.5. The van der Waals surface area contributed by atoms with Crippen LogP contribution in [0.2, 0.25) is 0 Å². The third-order valence-electron chi connectivity index (χ3n) is 7.62. The summed E-state index contributed by atoms with van der Waals surface area (Å²) >= 11 is 0. The van der Waals surface area contributed by atoms with E-state index in [-0.39, 0.29) is 5.56 Å². The van der Waals surface area contributed by atoms with Gasteiger partial charge in [0, 0.05) is 29.6 Å². The number of hydrogen-bond acceptors (Lipinski definition) is 7. The molecule has 3 aliphatic rings. The zero-order chi connectivity index (χ0) is 22.9. The van der Waals surface area contributed by atoms with Gasteiger partial charge in [-0.1, -0.05) is 32.1 Å². The molecular formula is C25H32N6O3. The lowest BCUT2D eigenvalue weighted by atomic mass is 9.95. The molecule has 1 aromatic carbocycles. The minimum Gasteiger partial charge on any atom is -0.486 e. The largest absolute Gasteiger partial charge is 0.486 e. The maximum absolute atomic E-state index is 13.1. The van der Waals surface area contributed by atoms with Gasteiger partial charge in [0.05, 0.1) is 18.1 Å². The normalized spacial score (nSPS) is 19.3. The highest BCUT2D eigenvalue weighted by molar-refractivity contribution is 5.83. The summed E-state index contributed by atoms with van der Waals surface area (Å²) in [5.41, 5.74) is 1.47. The fourth-order valence-electron chi connectivity index (χ4n) is 5.82. The Kier molecular flexibility index (Phi) is 5.95. The molecule has 0 bridgehead atoms. The molecule has 3 aromatic rings. The average molecular weight is 465 g/mol. The van der Waals surface area contributed by atoms with E-state index in [9.17, 15) is 4.79 Å². The molecule has 2 fully saturated rings. The first-order chi connectivity index (χ1) is 16.7. The molecule has 9 heteroatoms. The summed E-state index contributed by atoms with van der Waals surface area (Å²) in [4.78, 5) is 18.5. The van der Waals surface area contributed by atoms with Crippen molar-refractivity contribution in [2.24, 2.45) is 0 Å². The van der Waals surface area contributed by atoms with E-state index in [0.29, 0.717) is 44.1 Å². The summed E-state index contributed by atoms with van der Waals surface area (Å²) in [7, 11) is 0. The Morgan fingerprint density at radius 3 is 2.47 bits per heavy atom. The van der Waals surface area contributed by atoms with E-state index >= 15 is 0 Å². The Morgan fingerprint density at radius 1 is 0.941 bits per heavy atom. The second-order valence-electron chi connectivity index (χ2n) is 9.88. The van der Waals surface area contributed by atoms with Crippen molar-refractivity contribution in [3.63, 3.8) is 0 Å². The van der Waals surface area contributed by atoms with E-state index in [1.54, 1.807) is 0 Å². The maximum atomic E-state index is 13.1. The zero-order valence-corrected chi connectivity index (χ0v) is 19.5. The highest BCUT2D eigenvalue weighted by Gasteiger charge is 2.27. The SMILES string of the molecule is O=c1[nH]c2cc3c(cc2cc1CN(Cc1nnnn1C1CCCCC1)C1CCCC1)OCCO3. The topological polar surface area (TPSA) is 98.2 Å². The van der Waals surface area contributed by atoms with Crippen LogP contribution in [0.4, 0.5) is 0 Å². The van der Waals surface area contributed by atoms with Crippen molar-refractivity contribution in [2.75, 3.05) is 13.2 Å². The fourth-order valence-corrected chi connectivity index (χ4v) is 5.82. The highest BCUT2D eigenvalue weighted by atomic mass is 16.6.